The van der Waals surface area contributed by atoms with Crippen molar-refractivity contribution in [2.75, 3.05) is 0 Å². The van der Waals surface area contributed by atoms with E-state index in [4.69, 9.17) is 4.74 Å². The first-order chi connectivity index (χ1) is 11.9. The van der Waals surface area contributed by atoms with Gasteiger partial charge in [0.25, 0.3) is 0 Å². The maximum atomic E-state index is 11.4. The van der Waals surface area contributed by atoms with Gasteiger partial charge < -0.3 is 4.74 Å². The molecule has 3 heteroatoms. The fourth-order valence-corrected chi connectivity index (χ4v) is 7.78. The Labute approximate surface area is 152 Å². The number of esters is 1. The minimum Gasteiger partial charge on any atom is -0.463 e. The van der Waals surface area contributed by atoms with Crippen molar-refractivity contribution in [2.45, 2.75) is 84.7 Å². The van der Waals surface area contributed by atoms with Crippen LogP contribution in [0.15, 0.2) is 0 Å². The molecule has 8 atom stereocenters. The summed E-state index contributed by atoms with van der Waals surface area (Å²) in [6.07, 6.45) is 11.0. The van der Waals surface area contributed by atoms with Crippen LogP contribution in [0.4, 0.5) is 0 Å². The molecule has 0 amide bonds. The number of rotatable bonds is 1. The summed E-state index contributed by atoms with van der Waals surface area (Å²) in [6.45, 7) is 6.42. The summed E-state index contributed by atoms with van der Waals surface area (Å²) in [4.78, 5) is 11.4. The standard InChI is InChI=1S/C22H33NO2/c1-14(24)25-16-5-7-19-17-9-11-22(3)15(13-23)4-6-20(22)18(17)8-10-21(19,2)12-16/h15-20H,4-12H2,1-3H3/t15-,16+,17+,18-,19-,20+,21-,22-/m1/s1. The molecule has 4 rings (SSSR count). The third-order valence-corrected chi connectivity index (χ3v) is 8.94. The highest BCUT2D eigenvalue weighted by atomic mass is 16.5. The number of fused-ring (bicyclic) bond motifs is 5. The maximum absolute atomic E-state index is 11.4. The minimum absolute atomic E-state index is 0.123. The van der Waals surface area contributed by atoms with Crippen LogP contribution in [0.1, 0.15) is 78.6 Å². The van der Waals surface area contributed by atoms with Crippen molar-refractivity contribution < 1.29 is 9.53 Å². The molecule has 0 aliphatic heterocycles. The second-order valence-electron chi connectivity index (χ2n) is 10.0. The molecule has 4 saturated carbocycles. The van der Waals surface area contributed by atoms with Gasteiger partial charge in [-0.1, -0.05) is 13.8 Å². The lowest BCUT2D eigenvalue weighted by Gasteiger charge is -2.59. The molecule has 0 aromatic rings. The number of carbonyl (C=O) groups excluding carboxylic acids is 1. The van der Waals surface area contributed by atoms with Gasteiger partial charge in [0.1, 0.15) is 6.10 Å². The summed E-state index contributed by atoms with van der Waals surface area (Å²) >= 11 is 0. The van der Waals surface area contributed by atoms with Crippen LogP contribution in [0.25, 0.3) is 0 Å². The van der Waals surface area contributed by atoms with Crippen molar-refractivity contribution in [3.05, 3.63) is 0 Å². The average Bonchev–Trinajstić information content (AvgIpc) is 2.89. The molecular weight excluding hydrogens is 310 g/mol. The number of hydrogen-bond donors (Lipinski definition) is 0. The van der Waals surface area contributed by atoms with E-state index in [1.54, 1.807) is 6.92 Å². The highest BCUT2D eigenvalue weighted by Gasteiger charge is 2.59. The molecule has 0 saturated heterocycles. The van der Waals surface area contributed by atoms with Crippen molar-refractivity contribution in [3.63, 3.8) is 0 Å². The summed E-state index contributed by atoms with van der Waals surface area (Å²) in [5, 5.41) is 9.60. The van der Waals surface area contributed by atoms with Gasteiger partial charge in [0, 0.05) is 6.92 Å². The van der Waals surface area contributed by atoms with Gasteiger partial charge in [-0.15, -0.1) is 0 Å². The molecule has 0 radical (unpaired) electrons. The monoisotopic (exact) mass is 343 g/mol. The largest absolute Gasteiger partial charge is 0.463 e. The van der Waals surface area contributed by atoms with E-state index in [1.807, 2.05) is 0 Å². The average molecular weight is 344 g/mol. The summed E-state index contributed by atoms with van der Waals surface area (Å²) in [7, 11) is 0. The van der Waals surface area contributed by atoms with Crippen LogP contribution in [0.2, 0.25) is 0 Å². The van der Waals surface area contributed by atoms with Crippen LogP contribution in [0.3, 0.4) is 0 Å². The lowest BCUT2D eigenvalue weighted by Crippen LogP contribution is -2.52. The number of hydrogen-bond acceptors (Lipinski definition) is 3. The number of ether oxygens (including phenoxy) is 1. The Morgan fingerprint density at radius 3 is 2.40 bits per heavy atom. The molecule has 0 unspecified atom stereocenters. The molecule has 0 N–H and O–H groups in total. The van der Waals surface area contributed by atoms with Crippen molar-refractivity contribution in [1.29, 1.82) is 5.26 Å². The van der Waals surface area contributed by atoms with Crippen LogP contribution in [-0.4, -0.2) is 12.1 Å². The fraction of sp³-hybridized carbons (Fsp3) is 0.909. The quantitative estimate of drug-likeness (QED) is 0.622. The lowest BCUT2D eigenvalue weighted by atomic mass is 9.46. The van der Waals surface area contributed by atoms with Crippen LogP contribution in [0.5, 0.6) is 0 Å². The van der Waals surface area contributed by atoms with Crippen LogP contribution in [0, 0.1) is 51.8 Å². The molecule has 0 spiro atoms. The summed E-state index contributed by atoms with van der Waals surface area (Å²) in [5.41, 5.74) is 0.624. The molecule has 138 valence electrons. The van der Waals surface area contributed by atoms with E-state index >= 15 is 0 Å². The topological polar surface area (TPSA) is 50.1 Å². The van der Waals surface area contributed by atoms with Crippen molar-refractivity contribution in [3.8, 4) is 6.07 Å². The van der Waals surface area contributed by atoms with Gasteiger partial charge >= 0.3 is 5.97 Å². The van der Waals surface area contributed by atoms with E-state index in [0.29, 0.717) is 5.41 Å². The molecule has 4 aliphatic carbocycles. The number of carbonyl (C=O) groups is 1. The van der Waals surface area contributed by atoms with Gasteiger partial charge in [0.15, 0.2) is 0 Å². The Balaban J connectivity index is 1.53. The van der Waals surface area contributed by atoms with Crippen molar-refractivity contribution in [2.24, 2.45) is 40.4 Å². The molecule has 0 heterocycles. The van der Waals surface area contributed by atoms with E-state index in [1.165, 1.54) is 38.5 Å². The Kier molecular flexibility index (Phi) is 4.17. The van der Waals surface area contributed by atoms with Crippen molar-refractivity contribution >= 4 is 5.97 Å². The molecule has 0 bridgehead atoms. The predicted molar refractivity (Wildman–Crippen MR) is 96.4 cm³/mol. The van der Waals surface area contributed by atoms with Gasteiger partial charge in [-0.25, -0.2) is 0 Å². The van der Waals surface area contributed by atoms with Crippen LogP contribution >= 0.6 is 0 Å². The van der Waals surface area contributed by atoms with Gasteiger partial charge in [-0.2, -0.15) is 5.26 Å². The molecule has 0 aromatic carbocycles. The molecular formula is C22H33NO2. The summed E-state index contributed by atoms with van der Waals surface area (Å²) in [5.74, 6) is 3.40. The highest BCUT2D eigenvalue weighted by Crippen LogP contribution is 2.66. The second-order valence-corrected chi connectivity index (χ2v) is 10.0. The predicted octanol–water partition coefficient (Wildman–Crippen LogP) is 5.10. The number of nitrogens with zero attached hydrogens (tertiary/aromatic N) is 1. The third kappa shape index (κ3) is 2.63. The fourth-order valence-electron chi connectivity index (χ4n) is 7.78. The third-order valence-electron chi connectivity index (χ3n) is 8.94. The van der Waals surface area contributed by atoms with E-state index in [9.17, 15) is 10.1 Å². The lowest BCUT2D eigenvalue weighted by molar-refractivity contribution is -0.158. The molecule has 0 aromatic heterocycles. The molecule has 4 aliphatic rings. The second kappa shape index (κ2) is 6.00. The maximum Gasteiger partial charge on any atom is 0.302 e. The summed E-state index contributed by atoms with van der Waals surface area (Å²) in [6, 6.07) is 2.64. The highest BCUT2D eigenvalue weighted by molar-refractivity contribution is 5.66. The van der Waals surface area contributed by atoms with Crippen LogP contribution < -0.4 is 0 Å². The van der Waals surface area contributed by atoms with Crippen LogP contribution in [-0.2, 0) is 9.53 Å². The van der Waals surface area contributed by atoms with E-state index in [-0.39, 0.29) is 23.4 Å². The van der Waals surface area contributed by atoms with Gasteiger partial charge in [0.2, 0.25) is 0 Å². The molecule has 25 heavy (non-hydrogen) atoms. The Morgan fingerprint density at radius 1 is 1.00 bits per heavy atom. The minimum atomic E-state index is -0.123. The zero-order valence-corrected chi connectivity index (χ0v) is 16.1. The normalized spacial score (nSPS) is 51.6. The van der Waals surface area contributed by atoms with Crippen molar-refractivity contribution in [1.82, 2.24) is 0 Å². The van der Waals surface area contributed by atoms with Gasteiger partial charge in [-0.3, -0.25) is 4.79 Å². The number of nitriles is 1. The Hall–Kier alpha value is -1.04. The first-order valence-corrected chi connectivity index (χ1v) is 10.4. The van der Waals surface area contributed by atoms with E-state index in [0.717, 1.165) is 42.9 Å². The Morgan fingerprint density at radius 2 is 1.68 bits per heavy atom. The molecule has 4 fully saturated rings. The first-order valence-electron chi connectivity index (χ1n) is 10.4. The molecule has 3 nitrogen and oxygen atoms in total. The van der Waals surface area contributed by atoms with Gasteiger partial charge in [-0.05, 0) is 92.3 Å². The SMILES string of the molecule is CC(=O)O[C@H]1CC[C@@H]2[C@H]3CC[C@]4(C)[C@@H](C#N)CC[C@H]4[C@@H]3CC[C@]2(C)C1. The first kappa shape index (κ1) is 17.4. The van der Waals surface area contributed by atoms with E-state index in [2.05, 4.69) is 19.9 Å². The summed E-state index contributed by atoms with van der Waals surface area (Å²) < 4.78 is 5.58. The Bertz CT molecular complexity index is 595. The van der Waals surface area contributed by atoms with E-state index < -0.39 is 0 Å². The zero-order chi connectivity index (χ0) is 17.8. The smallest absolute Gasteiger partial charge is 0.302 e. The van der Waals surface area contributed by atoms with Gasteiger partial charge in [0.05, 0.1) is 12.0 Å². The zero-order valence-electron chi connectivity index (χ0n) is 16.1.